The molecule has 1 aromatic heterocycles. The first kappa shape index (κ1) is 14.6. The zero-order chi connectivity index (χ0) is 16.8. The van der Waals surface area contributed by atoms with Gasteiger partial charge in [0.05, 0.1) is 28.6 Å². The number of imidazole rings is 1. The minimum absolute atomic E-state index is 0.424. The molecule has 5 heteroatoms. The van der Waals surface area contributed by atoms with Gasteiger partial charge in [0.1, 0.15) is 0 Å². The van der Waals surface area contributed by atoms with Crippen molar-refractivity contribution in [3.05, 3.63) is 59.4 Å². The number of benzene rings is 2. The predicted molar refractivity (Wildman–Crippen MR) is 92.3 cm³/mol. The smallest absolute Gasteiger partial charge is 0.299 e. The average molecular weight is 319 g/mol. The number of carbonyl (C=O) groups excluding carboxylic acids is 2. The van der Waals surface area contributed by atoms with Gasteiger partial charge in [0, 0.05) is 13.1 Å². The maximum absolute atomic E-state index is 12.2. The number of hydrogen-bond donors (Lipinski definition) is 0. The first-order valence-electron chi connectivity index (χ1n) is 7.93. The number of aromatic nitrogens is 2. The van der Waals surface area contributed by atoms with Crippen LogP contribution in [0, 0.1) is 13.8 Å². The van der Waals surface area contributed by atoms with Gasteiger partial charge >= 0.3 is 0 Å². The van der Waals surface area contributed by atoms with Gasteiger partial charge in [0.15, 0.2) is 0 Å². The number of carbonyl (C=O) groups is 2. The van der Waals surface area contributed by atoms with E-state index in [0.29, 0.717) is 24.3 Å². The maximum Gasteiger partial charge on any atom is 0.299 e. The molecule has 0 aliphatic carbocycles. The number of Topliss-reactive ketones (excluding diaryl/α,β-unsaturated/α-hetero) is 1. The third-order valence-electron chi connectivity index (χ3n) is 4.68. The van der Waals surface area contributed by atoms with Gasteiger partial charge in [-0.05, 0) is 49.2 Å². The van der Waals surface area contributed by atoms with Crippen molar-refractivity contribution in [2.45, 2.75) is 20.4 Å². The molecule has 0 saturated heterocycles. The van der Waals surface area contributed by atoms with Crippen molar-refractivity contribution in [2.24, 2.45) is 0 Å². The highest BCUT2D eigenvalue weighted by Crippen LogP contribution is 2.28. The zero-order valence-corrected chi connectivity index (χ0v) is 13.6. The maximum atomic E-state index is 12.2. The summed E-state index contributed by atoms with van der Waals surface area (Å²) in [4.78, 5) is 30.3. The van der Waals surface area contributed by atoms with Gasteiger partial charge < -0.3 is 9.47 Å². The highest BCUT2D eigenvalue weighted by molar-refractivity contribution is 6.52. The van der Waals surface area contributed by atoms with Crippen LogP contribution in [-0.4, -0.2) is 27.8 Å². The van der Waals surface area contributed by atoms with E-state index in [4.69, 9.17) is 0 Å². The summed E-state index contributed by atoms with van der Waals surface area (Å²) in [5, 5.41) is 0. The van der Waals surface area contributed by atoms with E-state index in [1.54, 1.807) is 23.4 Å². The molecule has 0 N–H and O–H groups in total. The Balaban J connectivity index is 1.63. The van der Waals surface area contributed by atoms with Crippen LogP contribution < -0.4 is 4.90 Å². The summed E-state index contributed by atoms with van der Waals surface area (Å²) < 4.78 is 2.03. The van der Waals surface area contributed by atoms with Crippen molar-refractivity contribution >= 4 is 28.4 Å². The van der Waals surface area contributed by atoms with Crippen LogP contribution in [0.3, 0.4) is 0 Å². The SMILES string of the molecule is Cc1cc2ncn(CCN3C(=O)C(=O)c4ccccc43)c2cc1C. The Morgan fingerprint density at radius 2 is 1.75 bits per heavy atom. The number of amides is 1. The highest BCUT2D eigenvalue weighted by atomic mass is 16.2. The second-order valence-electron chi connectivity index (χ2n) is 6.17. The van der Waals surface area contributed by atoms with Gasteiger partial charge in [-0.1, -0.05) is 12.1 Å². The van der Waals surface area contributed by atoms with E-state index >= 15 is 0 Å². The molecule has 3 aromatic rings. The lowest BCUT2D eigenvalue weighted by Gasteiger charge is -2.17. The molecule has 1 amide bonds. The normalized spacial score (nSPS) is 13.8. The first-order valence-corrected chi connectivity index (χ1v) is 7.93. The monoisotopic (exact) mass is 319 g/mol. The largest absolute Gasteiger partial charge is 0.329 e. The van der Waals surface area contributed by atoms with E-state index < -0.39 is 11.7 Å². The van der Waals surface area contributed by atoms with Gasteiger partial charge in [-0.25, -0.2) is 4.98 Å². The van der Waals surface area contributed by atoms with Gasteiger partial charge in [0.2, 0.25) is 0 Å². The van der Waals surface area contributed by atoms with Crippen molar-refractivity contribution in [2.75, 3.05) is 11.4 Å². The number of hydrogen-bond acceptors (Lipinski definition) is 3. The predicted octanol–water partition coefficient (Wildman–Crippen LogP) is 2.88. The van der Waals surface area contributed by atoms with Gasteiger partial charge in [-0.2, -0.15) is 0 Å². The quantitative estimate of drug-likeness (QED) is 0.698. The summed E-state index contributed by atoms with van der Waals surface area (Å²) in [5.74, 6) is -0.875. The van der Waals surface area contributed by atoms with Crippen LogP contribution >= 0.6 is 0 Å². The number of nitrogens with zero attached hydrogens (tertiary/aromatic N) is 3. The minimum Gasteiger partial charge on any atom is -0.329 e. The van der Waals surface area contributed by atoms with Crippen molar-refractivity contribution in [1.29, 1.82) is 0 Å². The number of rotatable bonds is 3. The number of fused-ring (bicyclic) bond motifs is 2. The van der Waals surface area contributed by atoms with E-state index in [1.807, 2.05) is 16.7 Å². The number of para-hydroxylation sites is 1. The second kappa shape index (κ2) is 5.30. The number of anilines is 1. The molecule has 120 valence electrons. The van der Waals surface area contributed by atoms with Gasteiger partial charge in [-0.15, -0.1) is 0 Å². The van der Waals surface area contributed by atoms with Crippen LogP contribution in [0.25, 0.3) is 11.0 Å². The summed E-state index contributed by atoms with van der Waals surface area (Å²) in [6.45, 7) is 5.18. The van der Waals surface area contributed by atoms with Crippen LogP contribution in [0.5, 0.6) is 0 Å². The summed E-state index contributed by atoms with van der Waals surface area (Å²) in [6.07, 6.45) is 1.79. The van der Waals surface area contributed by atoms with E-state index in [2.05, 4.69) is 31.0 Å². The van der Waals surface area contributed by atoms with Crippen molar-refractivity contribution in [3.63, 3.8) is 0 Å². The minimum atomic E-state index is -0.451. The standard InChI is InChI=1S/C19H17N3O2/c1-12-9-15-17(10-13(12)2)21(11-20-15)7-8-22-16-6-4-3-5-14(16)18(23)19(22)24/h3-6,9-11H,7-8H2,1-2H3. The Kier molecular flexibility index (Phi) is 3.23. The summed E-state index contributed by atoms with van der Waals surface area (Å²) in [7, 11) is 0. The molecule has 4 rings (SSSR count). The molecule has 0 atom stereocenters. The Bertz CT molecular complexity index is 987. The fourth-order valence-electron chi connectivity index (χ4n) is 3.17. The molecule has 0 spiro atoms. The molecule has 0 unspecified atom stereocenters. The molecule has 0 fully saturated rings. The fourth-order valence-corrected chi connectivity index (χ4v) is 3.17. The molecule has 0 bridgehead atoms. The lowest BCUT2D eigenvalue weighted by Crippen LogP contribution is -2.32. The molecular formula is C19H17N3O2. The zero-order valence-electron chi connectivity index (χ0n) is 13.6. The molecule has 0 saturated carbocycles. The first-order chi connectivity index (χ1) is 11.6. The molecule has 1 aliphatic rings. The summed E-state index contributed by atoms with van der Waals surface area (Å²) in [6, 6.07) is 11.3. The number of aryl methyl sites for hydroxylation is 2. The van der Waals surface area contributed by atoms with Crippen LogP contribution in [0.2, 0.25) is 0 Å². The van der Waals surface area contributed by atoms with Crippen molar-refractivity contribution in [3.8, 4) is 0 Å². The average Bonchev–Trinajstić information content (AvgIpc) is 3.07. The molecule has 24 heavy (non-hydrogen) atoms. The van der Waals surface area contributed by atoms with E-state index in [9.17, 15) is 9.59 Å². The Labute approximate surface area is 139 Å². The van der Waals surface area contributed by atoms with E-state index in [1.165, 1.54) is 11.1 Å². The highest BCUT2D eigenvalue weighted by Gasteiger charge is 2.34. The lowest BCUT2D eigenvalue weighted by atomic mass is 10.1. The van der Waals surface area contributed by atoms with Crippen molar-refractivity contribution in [1.82, 2.24) is 9.55 Å². The van der Waals surface area contributed by atoms with Crippen LogP contribution in [0.4, 0.5) is 5.69 Å². The van der Waals surface area contributed by atoms with Gasteiger partial charge in [0.25, 0.3) is 11.7 Å². The molecule has 2 heterocycles. The molecular weight excluding hydrogens is 302 g/mol. The molecule has 0 radical (unpaired) electrons. The molecule has 1 aliphatic heterocycles. The van der Waals surface area contributed by atoms with Gasteiger partial charge in [-0.3, -0.25) is 9.59 Å². The van der Waals surface area contributed by atoms with Crippen LogP contribution in [0.1, 0.15) is 21.5 Å². The Morgan fingerprint density at radius 3 is 2.58 bits per heavy atom. The molecule has 5 nitrogen and oxygen atoms in total. The topological polar surface area (TPSA) is 55.2 Å². The lowest BCUT2D eigenvalue weighted by molar-refractivity contribution is -0.114. The van der Waals surface area contributed by atoms with E-state index in [-0.39, 0.29) is 0 Å². The van der Waals surface area contributed by atoms with Crippen molar-refractivity contribution < 1.29 is 9.59 Å². The molecule has 2 aromatic carbocycles. The van der Waals surface area contributed by atoms with E-state index in [0.717, 1.165) is 11.0 Å². The second-order valence-corrected chi connectivity index (χ2v) is 6.17. The fraction of sp³-hybridized carbons (Fsp3) is 0.211. The number of ketones is 1. The summed E-state index contributed by atoms with van der Waals surface area (Å²) >= 11 is 0. The van der Waals surface area contributed by atoms with Crippen LogP contribution in [0.15, 0.2) is 42.7 Å². The van der Waals surface area contributed by atoms with Crippen LogP contribution in [-0.2, 0) is 11.3 Å². The Morgan fingerprint density at radius 1 is 1.00 bits per heavy atom. The summed E-state index contributed by atoms with van der Waals surface area (Å²) in [5.41, 5.74) is 5.60. The third kappa shape index (κ3) is 2.12. The Hall–Kier alpha value is -2.95. The third-order valence-corrected chi connectivity index (χ3v) is 4.68.